The second-order valence-corrected chi connectivity index (χ2v) is 4.88. The molecule has 1 aromatic carbocycles. The van der Waals surface area contributed by atoms with Gasteiger partial charge in [0, 0.05) is 19.2 Å². The van der Waals surface area contributed by atoms with Gasteiger partial charge in [-0.2, -0.15) is 0 Å². The van der Waals surface area contributed by atoms with Gasteiger partial charge in [0.1, 0.15) is 5.75 Å². The lowest BCUT2D eigenvalue weighted by Gasteiger charge is -2.09. The number of rotatable bonds is 9. The second kappa shape index (κ2) is 8.89. The van der Waals surface area contributed by atoms with Crippen LogP contribution >= 0.6 is 0 Å². The molecule has 1 aromatic heterocycles. The normalized spacial score (nSPS) is 10.4. The number of hydrogen-bond acceptors (Lipinski definition) is 4. The Kier molecular flexibility index (Phi) is 6.51. The third-order valence-corrected chi connectivity index (χ3v) is 3.15. The molecule has 0 fully saturated rings. The van der Waals surface area contributed by atoms with Gasteiger partial charge in [-0.15, -0.1) is 0 Å². The largest absolute Gasteiger partial charge is 0.493 e. The molecule has 0 saturated heterocycles. The monoisotopic (exact) mass is 302 g/mol. The second-order valence-electron chi connectivity index (χ2n) is 4.88. The van der Waals surface area contributed by atoms with Crippen molar-refractivity contribution in [1.29, 1.82) is 0 Å². The van der Waals surface area contributed by atoms with Gasteiger partial charge >= 0.3 is 0 Å². The number of ether oxygens (including phenoxy) is 2. The molecule has 0 bridgehead atoms. The number of benzene rings is 1. The fourth-order valence-corrected chi connectivity index (χ4v) is 2.01. The highest BCUT2D eigenvalue weighted by Gasteiger charge is 2.03. The Balaban J connectivity index is 1.76. The summed E-state index contributed by atoms with van der Waals surface area (Å²) in [6, 6.07) is 13.1. The summed E-state index contributed by atoms with van der Waals surface area (Å²) >= 11 is 0. The first-order chi connectivity index (χ1) is 10.8. The molecule has 1 heterocycles. The van der Waals surface area contributed by atoms with Gasteiger partial charge in [-0.1, -0.05) is 18.2 Å². The van der Waals surface area contributed by atoms with Crippen molar-refractivity contribution in [2.75, 3.05) is 19.8 Å². The summed E-state index contributed by atoms with van der Waals surface area (Å²) in [6.45, 7) is 2.18. The van der Waals surface area contributed by atoms with Crippen molar-refractivity contribution in [2.24, 2.45) is 5.73 Å². The molecule has 2 aromatic rings. The van der Waals surface area contributed by atoms with Crippen LogP contribution in [0.4, 0.5) is 0 Å². The first-order valence-corrected chi connectivity index (χ1v) is 7.51. The molecule has 0 amide bonds. The lowest BCUT2D eigenvalue weighted by atomic mass is 10.3. The summed E-state index contributed by atoms with van der Waals surface area (Å²) in [4.78, 5) is 12.1. The van der Waals surface area contributed by atoms with E-state index < -0.39 is 0 Å². The highest BCUT2D eigenvalue weighted by Crippen LogP contribution is 2.08. The number of aromatic nitrogens is 1. The van der Waals surface area contributed by atoms with E-state index in [9.17, 15) is 4.79 Å². The average molecular weight is 302 g/mol. The van der Waals surface area contributed by atoms with E-state index in [4.69, 9.17) is 15.2 Å². The number of nitrogens with zero attached hydrogens (tertiary/aromatic N) is 1. The molecule has 0 saturated carbocycles. The van der Waals surface area contributed by atoms with Crippen LogP contribution in [-0.2, 0) is 6.54 Å². The Labute approximate surface area is 130 Å². The van der Waals surface area contributed by atoms with E-state index >= 15 is 0 Å². The third-order valence-electron chi connectivity index (χ3n) is 3.15. The van der Waals surface area contributed by atoms with Crippen molar-refractivity contribution in [3.8, 4) is 11.5 Å². The van der Waals surface area contributed by atoms with Crippen LogP contribution in [0, 0.1) is 0 Å². The highest BCUT2D eigenvalue weighted by molar-refractivity contribution is 5.20. The van der Waals surface area contributed by atoms with Gasteiger partial charge in [0.15, 0.2) is 5.75 Å². The van der Waals surface area contributed by atoms with E-state index in [1.54, 1.807) is 16.8 Å². The first kappa shape index (κ1) is 16.1. The van der Waals surface area contributed by atoms with E-state index in [1.165, 1.54) is 0 Å². The van der Waals surface area contributed by atoms with Gasteiger partial charge in [0.05, 0.1) is 13.2 Å². The van der Waals surface area contributed by atoms with Crippen LogP contribution in [0.2, 0.25) is 0 Å². The summed E-state index contributed by atoms with van der Waals surface area (Å²) in [6.07, 6.45) is 3.24. The smallest absolute Gasteiger partial charge is 0.292 e. The van der Waals surface area contributed by atoms with Crippen molar-refractivity contribution < 1.29 is 9.47 Å². The maximum absolute atomic E-state index is 12.1. The van der Waals surface area contributed by atoms with Crippen molar-refractivity contribution >= 4 is 0 Å². The molecule has 0 aliphatic rings. The van der Waals surface area contributed by atoms with Crippen LogP contribution < -0.4 is 20.8 Å². The molecule has 118 valence electrons. The molecule has 0 spiro atoms. The fraction of sp³-hybridized carbons (Fsp3) is 0.353. The Morgan fingerprint density at radius 1 is 0.955 bits per heavy atom. The summed E-state index contributed by atoms with van der Waals surface area (Å²) in [5, 5.41) is 0. The van der Waals surface area contributed by atoms with Crippen molar-refractivity contribution in [3.63, 3.8) is 0 Å². The van der Waals surface area contributed by atoms with Crippen LogP contribution in [0.1, 0.15) is 12.8 Å². The predicted molar refractivity (Wildman–Crippen MR) is 86.4 cm³/mol. The van der Waals surface area contributed by atoms with E-state index in [1.807, 2.05) is 36.4 Å². The lowest BCUT2D eigenvalue weighted by molar-refractivity contribution is 0.244. The van der Waals surface area contributed by atoms with E-state index in [0.717, 1.165) is 12.2 Å². The minimum absolute atomic E-state index is 0.111. The zero-order valence-electron chi connectivity index (χ0n) is 12.6. The SMILES string of the molecule is NCCCn1cccc(OCCCOc2ccccc2)c1=O. The molecule has 22 heavy (non-hydrogen) atoms. The summed E-state index contributed by atoms with van der Waals surface area (Å²) < 4.78 is 12.8. The molecule has 2 rings (SSSR count). The molecule has 2 N–H and O–H groups in total. The van der Waals surface area contributed by atoms with Crippen LogP contribution in [0.5, 0.6) is 11.5 Å². The number of para-hydroxylation sites is 1. The summed E-state index contributed by atoms with van der Waals surface area (Å²) in [7, 11) is 0. The van der Waals surface area contributed by atoms with Gasteiger partial charge in [0.2, 0.25) is 0 Å². The topological polar surface area (TPSA) is 66.5 Å². The Bertz CT molecular complexity index is 611. The van der Waals surface area contributed by atoms with Gasteiger partial charge in [-0.05, 0) is 37.2 Å². The number of hydrogen-bond donors (Lipinski definition) is 1. The van der Waals surface area contributed by atoms with Gasteiger partial charge in [-0.25, -0.2) is 0 Å². The zero-order valence-corrected chi connectivity index (χ0v) is 12.6. The minimum atomic E-state index is -0.111. The quantitative estimate of drug-likeness (QED) is 0.720. The van der Waals surface area contributed by atoms with E-state index in [0.29, 0.717) is 38.5 Å². The molecule has 0 unspecified atom stereocenters. The molecule has 5 nitrogen and oxygen atoms in total. The van der Waals surface area contributed by atoms with E-state index in [2.05, 4.69) is 0 Å². The molecule has 0 aliphatic carbocycles. The van der Waals surface area contributed by atoms with Crippen LogP contribution in [-0.4, -0.2) is 24.3 Å². The Morgan fingerprint density at radius 2 is 1.73 bits per heavy atom. The molecule has 0 radical (unpaired) electrons. The maximum atomic E-state index is 12.1. The van der Waals surface area contributed by atoms with Crippen molar-refractivity contribution in [2.45, 2.75) is 19.4 Å². The van der Waals surface area contributed by atoms with Crippen LogP contribution in [0.15, 0.2) is 53.5 Å². The molecular formula is C17H22N2O3. The predicted octanol–water partition coefficient (Wildman–Crippen LogP) is 2.04. The molecule has 0 aliphatic heterocycles. The first-order valence-electron chi connectivity index (χ1n) is 7.51. The van der Waals surface area contributed by atoms with Gasteiger partial charge < -0.3 is 19.8 Å². The Morgan fingerprint density at radius 3 is 2.50 bits per heavy atom. The van der Waals surface area contributed by atoms with Gasteiger partial charge in [0.25, 0.3) is 5.56 Å². The standard InChI is InChI=1S/C17H22N2O3/c18-10-5-12-19-11-4-9-16(17(19)20)22-14-6-13-21-15-7-2-1-3-8-15/h1-4,7-9,11H,5-6,10,12-14,18H2. The third kappa shape index (κ3) is 4.93. The zero-order chi connectivity index (χ0) is 15.6. The van der Waals surface area contributed by atoms with Crippen LogP contribution in [0.25, 0.3) is 0 Å². The van der Waals surface area contributed by atoms with Crippen molar-refractivity contribution in [1.82, 2.24) is 4.57 Å². The molecule has 0 atom stereocenters. The maximum Gasteiger partial charge on any atom is 0.292 e. The summed E-state index contributed by atoms with van der Waals surface area (Å²) in [5.74, 6) is 1.21. The average Bonchev–Trinajstić information content (AvgIpc) is 2.56. The minimum Gasteiger partial charge on any atom is -0.493 e. The number of nitrogens with two attached hydrogens (primary N) is 1. The molecule has 5 heteroatoms. The fourth-order valence-electron chi connectivity index (χ4n) is 2.01. The van der Waals surface area contributed by atoms with E-state index in [-0.39, 0.29) is 5.56 Å². The number of aryl methyl sites for hydroxylation is 1. The lowest BCUT2D eigenvalue weighted by Crippen LogP contribution is -2.23. The number of pyridine rings is 1. The molecular weight excluding hydrogens is 280 g/mol. The summed E-state index contributed by atoms with van der Waals surface area (Å²) in [5.41, 5.74) is 5.35. The van der Waals surface area contributed by atoms with Crippen molar-refractivity contribution in [3.05, 3.63) is 59.0 Å². The highest BCUT2D eigenvalue weighted by atomic mass is 16.5. The Hall–Kier alpha value is -2.27. The van der Waals surface area contributed by atoms with Crippen LogP contribution in [0.3, 0.4) is 0 Å². The van der Waals surface area contributed by atoms with Gasteiger partial charge in [-0.3, -0.25) is 4.79 Å².